The third-order valence-electron chi connectivity index (χ3n) is 4.64. The number of aromatic nitrogens is 1. The Morgan fingerprint density at radius 3 is 2.79 bits per heavy atom. The average Bonchev–Trinajstić information content (AvgIpc) is 3.29. The molecule has 1 saturated heterocycles. The Bertz CT molecular complexity index is 1410. The van der Waals surface area contributed by atoms with E-state index in [1.807, 2.05) is 42.5 Å². The van der Waals surface area contributed by atoms with Crippen molar-refractivity contribution in [3.63, 3.8) is 0 Å². The van der Waals surface area contributed by atoms with Gasteiger partial charge < -0.3 is 0 Å². The van der Waals surface area contributed by atoms with Crippen LogP contribution in [-0.4, -0.2) is 16.1 Å². The Kier molecular flexibility index (Phi) is 4.16. The molecule has 138 valence electrons. The number of imide groups is 1. The molecule has 1 aliphatic heterocycles. The van der Waals surface area contributed by atoms with Crippen molar-refractivity contribution in [2.24, 2.45) is 0 Å². The number of nitrogens with zero attached hydrogens (tertiary/aromatic N) is 2. The number of amides is 2. The fourth-order valence-corrected chi connectivity index (χ4v) is 5.17. The summed E-state index contributed by atoms with van der Waals surface area (Å²) in [6.07, 6.45) is 3.48. The second kappa shape index (κ2) is 6.85. The molecule has 5 nitrogen and oxygen atoms in total. The smallest absolute Gasteiger partial charge is 0.282 e. The van der Waals surface area contributed by atoms with E-state index < -0.39 is 0 Å². The molecule has 1 aliphatic rings. The quantitative estimate of drug-likeness (QED) is 0.450. The van der Waals surface area contributed by atoms with Crippen LogP contribution in [0.1, 0.15) is 11.1 Å². The Balaban J connectivity index is 1.67. The molecule has 4 aromatic rings. The van der Waals surface area contributed by atoms with Crippen molar-refractivity contribution in [2.45, 2.75) is 0 Å². The zero-order valence-electron chi connectivity index (χ0n) is 14.8. The van der Waals surface area contributed by atoms with Gasteiger partial charge in [0.2, 0.25) is 0 Å². The van der Waals surface area contributed by atoms with Crippen molar-refractivity contribution in [2.75, 3.05) is 0 Å². The number of fused-ring (bicyclic) bond motifs is 2. The zero-order valence-corrected chi connectivity index (χ0v) is 16.4. The highest BCUT2D eigenvalue weighted by Gasteiger charge is 2.25. The summed E-state index contributed by atoms with van der Waals surface area (Å²) in [7, 11) is 0. The SMILES string of the molecule is N#Cc1cccc2cc(-c3ccnc4ccc(/C=C5\SC(=O)NC5=O)cc34)sc12. The van der Waals surface area contributed by atoms with Crippen LogP contribution in [0, 0.1) is 11.3 Å². The molecule has 2 aromatic heterocycles. The van der Waals surface area contributed by atoms with Crippen molar-refractivity contribution in [3.05, 3.63) is 70.8 Å². The highest BCUT2D eigenvalue weighted by atomic mass is 32.2. The second-order valence-corrected chi connectivity index (χ2v) is 8.50. The van der Waals surface area contributed by atoms with Crippen molar-refractivity contribution < 1.29 is 9.59 Å². The van der Waals surface area contributed by atoms with Gasteiger partial charge in [0.05, 0.1) is 20.7 Å². The third-order valence-corrected chi connectivity index (χ3v) is 6.66. The van der Waals surface area contributed by atoms with Crippen LogP contribution in [0.4, 0.5) is 4.79 Å². The van der Waals surface area contributed by atoms with Crippen LogP contribution in [0.15, 0.2) is 59.6 Å². The number of carbonyl (C=O) groups excluding carboxylic acids is 2. The van der Waals surface area contributed by atoms with Gasteiger partial charge >= 0.3 is 0 Å². The van der Waals surface area contributed by atoms with Gasteiger partial charge in [-0.1, -0.05) is 18.2 Å². The van der Waals surface area contributed by atoms with E-state index in [1.54, 1.807) is 23.6 Å². The fourth-order valence-electron chi connectivity index (χ4n) is 3.32. The molecule has 5 rings (SSSR count). The highest BCUT2D eigenvalue weighted by molar-refractivity contribution is 8.18. The number of nitrogens with one attached hydrogen (secondary N) is 1. The molecule has 0 bridgehead atoms. The van der Waals surface area contributed by atoms with Crippen LogP contribution in [0.5, 0.6) is 0 Å². The zero-order chi connectivity index (χ0) is 20.0. The van der Waals surface area contributed by atoms with Crippen molar-refractivity contribution in [3.8, 4) is 16.5 Å². The number of thiophene rings is 1. The summed E-state index contributed by atoms with van der Waals surface area (Å²) in [6.45, 7) is 0. The molecule has 29 heavy (non-hydrogen) atoms. The Morgan fingerprint density at radius 1 is 1.10 bits per heavy atom. The topological polar surface area (TPSA) is 82.8 Å². The molecule has 2 amide bonds. The first-order chi connectivity index (χ1) is 14.1. The first-order valence-electron chi connectivity index (χ1n) is 8.69. The molecule has 0 unspecified atom stereocenters. The number of hydrogen-bond acceptors (Lipinski definition) is 6. The monoisotopic (exact) mass is 413 g/mol. The maximum atomic E-state index is 11.8. The van der Waals surface area contributed by atoms with Gasteiger partial charge in [0.1, 0.15) is 6.07 Å². The second-order valence-electron chi connectivity index (χ2n) is 6.43. The Hall–Kier alpha value is -3.47. The minimum absolute atomic E-state index is 0.358. The molecule has 1 N–H and O–H groups in total. The first kappa shape index (κ1) is 17.6. The third kappa shape index (κ3) is 3.09. The van der Waals surface area contributed by atoms with Crippen LogP contribution in [0.2, 0.25) is 0 Å². The lowest BCUT2D eigenvalue weighted by molar-refractivity contribution is -0.115. The number of pyridine rings is 1. The lowest BCUT2D eigenvalue weighted by Crippen LogP contribution is -2.17. The van der Waals surface area contributed by atoms with Crippen LogP contribution in [0.25, 0.3) is 37.5 Å². The summed E-state index contributed by atoms with van der Waals surface area (Å²) in [6, 6.07) is 17.7. The van der Waals surface area contributed by atoms with Gasteiger partial charge in [-0.15, -0.1) is 11.3 Å². The molecule has 1 fully saturated rings. The normalized spacial score (nSPS) is 15.2. The number of benzene rings is 2. The largest absolute Gasteiger partial charge is 0.290 e. The van der Waals surface area contributed by atoms with E-state index in [1.165, 1.54) is 0 Å². The maximum absolute atomic E-state index is 11.8. The minimum Gasteiger partial charge on any atom is -0.282 e. The predicted octanol–water partition coefficient (Wildman–Crippen LogP) is 5.31. The van der Waals surface area contributed by atoms with E-state index in [0.29, 0.717) is 10.5 Å². The molecule has 2 aromatic carbocycles. The summed E-state index contributed by atoms with van der Waals surface area (Å²) >= 11 is 2.48. The first-order valence-corrected chi connectivity index (χ1v) is 10.3. The lowest BCUT2D eigenvalue weighted by Gasteiger charge is -2.05. The van der Waals surface area contributed by atoms with E-state index in [9.17, 15) is 14.9 Å². The molecule has 3 heterocycles. The molecular weight excluding hydrogens is 402 g/mol. The Labute approximate surface area is 173 Å². The van der Waals surface area contributed by atoms with Crippen molar-refractivity contribution in [1.82, 2.24) is 10.3 Å². The summed E-state index contributed by atoms with van der Waals surface area (Å²) < 4.78 is 0.964. The number of thioether (sulfide) groups is 1. The maximum Gasteiger partial charge on any atom is 0.290 e. The molecule has 0 atom stereocenters. The van der Waals surface area contributed by atoms with Crippen LogP contribution in [0.3, 0.4) is 0 Å². The summed E-state index contributed by atoms with van der Waals surface area (Å²) in [5.41, 5.74) is 3.33. The van der Waals surface area contributed by atoms with E-state index in [-0.39, 0.29) is 11.1 Å². The van der Waals surface area contributed by atoms with Crippen LogP contribution in [-0.2, 0) is 4.79 Å². The minimum atomic E-state index is -0.375. The fraction of sp³-hybridized carbons (Fsp3) is 0. The molecule has 0 aliphatic carbocycles. The van der Waals surface area contributed by atoms with Gasteiger partial charge in [0.15, 0.2) is 0 Å². The summed E-state index contributed by atoms with van der Waals surface area (Å²) in [4.78, 5) is 29.1. The molecule has 7 heteroatoms. The molecule has 0 spiro atoms. The van der Waals surface area contributed by atoms with Gasteiger partial charge in [0, 0.05) is 22.0 Å². The summed E-state index contributed by atoms with van der Waals surface area (Å²) in [5.74, 6) is -0.375. The molecular formula is C22H11N3O2S2. The predicted molar refractivity (Wildman–Crippen MR) is 116 cm³/mol. The molecule has 0 radical (unpaired) electrons. The van der Waals surface area contributed by atoms with Crippen LogP contribution >= 0.6 is 23.1 Å². The Morgan fingerprint density at radius 2 is 2.00 bits per heavy atom. The van der Waals surface area contributed by atoms with Gasteiger partial charge in [-0.05, 0) is 59.1 Å². The van der Waals surface area contributed by atoms with Gasteiger partial charge in [-0.3, -0.25) is 19.9 Å². The number of rotatable bonds is 2. The van der Waals surface area contributed by atoms with E-state index in [0.717, 1.165) is 48.8 Å². The van der Waals surface area contributed by atoms with E-state index in [2.05, 4.69) is 22.4 Å². The molecule has 0 saturated carbocycles. The highest BCUT2D eigenvalue weighted by Crippen LogP contribution is 2.38. The number of nitriles is 1. The average molecular weight is 413 g/mol. The van der Waals surface area contributed by atoms with E-state index in [4.69, 9.17) is 0 Å². The van der Waals surface area contributed by atoms with Crippen LogP contribution < -0.4 is 5.32 Å². The van der Waals surface area contributed by atoms with Gasteiger partial charge in [0.25, 0.3) is 11.1 Å². The van der Waals surface area contributed by atoms with Crippen molar-refractivity contribution in [1.29, 1.82) is 5.26 Å². The summed E-state index contributed by atoms with van der Waals surface area (Å²) in [5, 5.41) is 13.3. The van der Waals surface area contributed by atoms with E-state index >= 15 is 0 Å². The van der Waals surface area contributed by atoms with Gasteiger partial charge in [-0.25, -0.2) is 0 Å². The van der Waals surface area contributed by atoms with Crippen molar-refractivity contribution >= 4 is 61.3 Å². The van der Waals surface area contributed by atoms with Gasteiger partial charge in [-0.2, -0.15) is 5.26 Å². The standard InChI is InChI=1S/C22H11N3O2S2/c23-11-14-3-1-2-13-10-18(28-20(13)14)15-6-7-24-17-5-4-12(8-16(15)17)9-19-21(26)25-22(27)29-19/h1-10H,(H,25,26,27)/b19-9-. The number of carbonyl (C=O) groups is 2. The lowest BCUT2D eigenvalue weighted by atomic mass is 10.0. The number of hydrogen-bond donors (Lipinski definition) is 1.